The zero-order valence-corrected chi connectivity index (χ0v) is 12.5. The number of nitrogens with one attached hydrogen (secondary N) is 2. The average molecular weight is 317 g/mol. The Morgan fingerprint density at radius 2 is 2.00 bits per heavy atom. The number of allylic oxidation sites excluding steroid dienone is 1. The predicted molar refractivity (Wildman–Crippen MR) is 74.8 cm³/mol. The Morgan fingerprint density at radius 1 is 1.32 bits per heavy atom. The van der Waals surface area contributed by atoms with Crippen LogP contribution in [0.25, 0.3) is 0 Å². The molecule has 1 atom stereocenters. The van der Waals surface area contributed by atoms with Gasteiger partial charge < -0.3 is 25.0 Å². The van der Waals surface area contributed by atoms with E-state index >= 15 is 0 Å². The molecule has 22 heavy (non-hydrogen) atoms. The van der Waals surface area contributed by atoms with Crippen LogP contribution in [0, 0.1) is 0 Å². The lowest BCUT2D eigenvalue weighted by molar-refractivity contribution is -0.274. The Labute approximate surface area is 126 Å². The summed E-state index contributed by atoms with van der Waals surface area (Å²) in [5, 5.41) is 6.13. The summed E-state index contributed by atoms with van der Waals surface area (Å²) in [7, 11) is 1.78. The molecule has 0 aromatic heterocycles. The molecule has 1 unspecified atom stereocenters. The van der Waals surface area contributed by atoms with Crippen LogP contribution >= 0.6 is 0 Å². The van der Waals surface area contributed by atoms with Crippen molar-refractivity contribution in [1.82, 2.24) is 15.5 Å². The van der Waals surface area contributed by atoms with Gasteiger partial charge in [-0.2, -0.15) is 0 Å². The summed E-state index contributed by atoms with van der Waals surface area (Å²) < 4.78 is 46.3. The minimum atomic E-state index is -4.73. The van der Waals surface area contributed by atoms with Crippen molar-refractivity contribution in [2.24, 2.45) is 0 Å². The van der Waals surface area contributed by atoms with Gasteiger partial charge in [0.15, 0.2) is 0 Å². The number of nitrogens with zero attached hydrogens (tertiary/aromatic N) is 1. The molecule has 122 valence electrons. The molecule has 0 bridgehead atoms. The van der Waals surface area contributed by atoms with E-state index in [4.69, 9.17) is 4.74 Å². The highest BCUT2D eigenvalue weighted by Gasteiger charge is 2.32. The Hall–Kier alpha value is -2.25. The third-order valence-electron chi connectivity index (χ3n) is 3.22. The summed E-state index contributed by atoms with van der Waals surface area (Å²) in [4.78, 5) is 1.95. The number of hydrogen-bond donors (Lipinski definition) is 2. The van der Waals surface area contributed by atoms with Crippen LogP contribution in [0.15, 0.2) is 35.8 Å². The molecule has 2 rings (SSSR count). The second-order valence-electron chi connectivity index (χ2n) is 4.63. The van der Waals surface area contributed by atoms with Gasteiger partial charge in [0.25, 0.3) is 6.35 Å². The van der Waals surface area contributed by atoms with Gasteiger partial charge in [-0.1, -0.05) is 6.07 Å². The van der Waals surface area contributed by atoms with Gasteiger partial charge in [0.05, 0.1) is 5.70 Å². The van der Waals surface area contributed by atoms with Gasteiger partial charge in [-0.05, 0) is 26.0 Å². The van der Waals surface area contributed by atoms with Crippen molar-refractivity contribution in [3.8, 4) is 11.5 Å². The number of benzene rings is 1. The fourth-order valence-electron chi connectivity index (χ4n) is 2.25. The molecule has 0 radical (unpaired) electrons. The van der Waals surface area contributed by atoms with Crippen LogP contribution in [0.1, 0.15) is 13.8 Å². The van der Waals surface area contributed by atoms with Gasteiger partial charge in [-0.3, -0.25) is 0 Å². The van der Waals surface area contributed by atoms with E-state index in [1.54, 1.807) is 13.1 Å². The zero-order chi connectivity index (χ0) is 16.3. The van der Waals surface area contributed by atoms with E-state index in [0.717, 1.165) is 11.5 Å². The molecule has 0 spiro atoms. The predicted octanol–water partition coefficient (Wildman–Crippen LogP) is 2.58. The van der Waals surface area contributed by atoms with E-state index in [1.807, 2.05) is 18.7 Å². The Balaban J connectivity index is 2.10. The first-order chi connectivity index (χ1) is 10.3. The van der Waals surface area contributed by atoms with Gasteiger partial charge >= 0.3 is 6.36 Å². The first-order valence-electron chi connectivity index (χ1n) is 6.78. The third kappa shape index (κ3) is 3.69. The maximum Gasteiger partial charge on any atom is 0.573 e. The molecule has 8 heteroatoms. The van der Waals surface area contributed by atoms with E-state index in [1.165, 1.54) is 18.2 Å². The topological polar surface area (TPSA) is 45.8 Å². The van der Waals surface area contributed by atoms with Crippen molar-refractivity contribution in [2.75, 3.05) is 13.6 Å². The molecule has 0 saturated heterocycles. The lowest BCUT2D eigenvalue weighted by atomic mass is 10.3. The molecule has 1 heterocycles. The van der Waals surface area contributed by atoms with Gasteiger partial charge in [-0.15, -0.1) is 13.2 Å². The molecule has 1 aromatic carbocycles. The van der Waals surface area contributed by atoms with Crippen LogP contribution in [-0.4, -0.2) is 31.2 Å². The fraction of sp³-hybridized carbons (Fsp3) is 0.429. The van der Waals surface area contributed by atoms with Crippen LogP contribution in [0.2, 0.25) is 0 Å². The van der Waals surface area contributed by atoms with E-state index < -0.39 is 12.7 Å². The maximum absolute atomic E-state index is 12.2. The summed E-state index contributed by atoms with van der Waals surface area (Å²) in [5.41, 5.74) is 0.970. The van der Waals surface area contributed by atoms with E-state index in [2.05, 4.69) is 15.4 Å². The molecule has 5 nitrogen and oxygen atoms in total. The summed E-state index contributed by atoms with van der Waals surface area (Å²) in [6.07, 6.45) is -5.22. The molecular formula is C14H18F3N3O2. The SMILES string of the molecule is CCN1C(C)=C(NC)NC1Oc1cccc(OC(F)(F)F)c1. The van der Waals surface area contributed by atoms with Crippen LogP contribution in [0.3, 0.4) is 0 Å². The van der Waals surface area contributed by atoms with Crippen molar-refractivity contribution in [3.63, 3.8) is 0 Å². The standard InChI is InChI=1S/C14H18F3N3O2/c1-4-20-9(2)12(18-3)19-13(20)21-10-6-5-7-11(8-10)22-14(15,16)17/h5-8,13,18-19H,4H2,1-3H3. The van der Waals surface area contributed by atoms with Crippen molar-refractivity contribution < 1.29 is 22.6 Å². The highest BCUT2D eigenvalue weighted by Crippen LogP contribution is 2.28. The number of ether oxygens (including phenoxy) is 2. The summed E-state index contributed by atoms with van der Waals surface area (Å²) >= 11 is 0. The van der Waals surface area contributed by atoms with Crippen LogP contribution in [0.5, 0.6) is 11.5 Å². The molecule has 0 saturated carbocycles. The molecule has 2 N–H and O–H groups in total. The third-order valence-corrected chi connectivity index (χ3v) is 3.22. The Morgan fingerprint density at radius 3 is 2.59 bits per heavy atom. The van der Waals surface area contributed by atoms with Crippen molar-refractivity contribution in [3.05, 3.63) is 35.8 Å². The van der Waals surface area contributed by atoms with Gasteiger partial charge in [0.2, 0.25) is 0 Å². The quantitative estimate of drug-likeness (QED) is 0.874. The number of rotatable bonds is 5. The molecule has 1 aromatic rings. The van der Waals surface area contributed by atoms with Crippen LogP contribution < -0.4 is 20.1 Å². The minimum absolute atomic E-state index is 0.280. The summed E-state index contributed by atoms with van der Waals surface area (Å²) in [5.74, 6) is 0.780. The van der Waals surface area contributed by atoms with Gasteiger partial charge in [-0.25, -0.2) is 0 Å². The molecule has 1 aliphatic heterocycles. The molecule has 1 aliphatic rings. The monoisotopic (exact) mass is 317 g/mol. The second kappa shape index (κ2) is 6.25. The van der Waals surface area contributed by atoms with Crippen LogP contribution in [-0.2, 0) is 0 Å². The van der Waals surface area contributed by atoms with E-state index in [0.29, 0.717) is 6.54 Å². The lowest BCUT2D eigenvalue weighted by Gasteiger charge is -2.26. The second-order valence-corrected chi connectivity index (χ2v) is 4.63. The first-order valence-corrected chi connectivity index (χ1v) is 6.78. The van der Waals surface area contributed by atoms with E-state index in [9.17, 15) is 13.2 Å². The molecule has 0 aliphatic carbocycles. The average Bonchev–Trinajstić information content (AvgIpc) is 2.72. The highest BCUT2D eigenvalue weighted by molar-refractivity contribution is 5.33. The molecular weight excluding hydrogens is 299 g/mol. The number of alkyl halides is 3. The Kier molecular flexibility index (Phi) is 4.58. The van der Waals surface area contributed by atoms with Gasteiger partial charge in [0, 0.05) is 19.7 Å². The van der Waals surface area contributed by atoms with E-state index in [-0.39, 0.29) is 11.5 Å². The van der Waals surface area contributed by atoms with Crippen LogP contribution in [0.4, 0.5) is 13.2 Å². The normalized spacial score (nSPS) is 18.3. The molecule has 0 fully saturated rings. The molecule has 0 amide bonds. The lowest BCUT2D eigenvalue weighted by Crippen LogP contribution is -2.42. The maximum atomic E-state index is 12.2. The minimum Gasteiger partial charge on any atom is -0.452 e. The van der Waals surface area contributed by atoms with Crippen molar-refractivity contribution in [2.45, 2.75) is 26.6 Å². The zero-order valence-electron chi connectivity index (χ0n) is 12.5. The largest absolute Gasteiger partial charge is 0.573 e. The summed E-state index contributed by atoms with van der Waals surface area (Å²) in [6.45, 7) is 4.58. The van der Waals surface area contributed by atoms with Gasteiger partial charge in [0.1, 0.15) is 17.3 Å². The smallest absolute Gasteiger partial charge is 0.452 e. The fourth-order valence-corrected chi connectivity index (χ4v) is 2.25. The summed E-state index contributed by atoms with van der Waals surface area (Å²) in [6, 6.07) is 5.45. The Bertz CT molecular complexity index is 561. The highest BCUT2D eigenvalue weighted by atomic mass is 19.4. The van der Waals surface area contributed by atoms with Crippen molar-refractivity contribution >= 4 is 0 Å². The number of halogens is 3. The number of hydrogen-bond acceptors (Lipinski definition) is 5. The first kappa shape index (κ1) is 16.1. The van der Waals surface area contributed by atoms with Crippen molar-refractivity contribution in [1.29, 1.82) is 0 Å².